The molecule has 110 valence electrons. The van der Waals surface area contributed by atoms with E-state index in [2.05, 4.69) is 24.0 Å². The van der Waals surface area contributed by atoms with Gasteiger partial charge in [-0.15, -0.1) is 0 Å². The maximum atomic E-state index is 12.0. The number of thioether (sulfide) groups is 1. The molecule has 2 aliphatic carbocycles. The molecule has 2 aliphatic rings. The van der Waals surface area contributed by atoms with Crippen molar-refractivity contribution in [2.75, 3.05) is 19.4 Å². The van der Waals surface area contributed by atoms with E-state index < -0.39 is 5.54 Å². The van der Waals surface area contributed by atoms with Crippen molar-refractivity contribution in [3.8, 4) is 0 Å². The molecule has 1 N–H and O–H groups in total. The summed E-state index contributed by atoms with van der Waals surface area (Å²) in [6, 6.07) is 0. The Hall–Kier alpha value is -0.220. The average molecular weight is 285 g/mol. The van der Waals surface area contributed by atoms with E-state index >= 15 is 0 Å². The normalized spacial score (nSPS) is 31.8. The van der Waals surface area contributed by atoms with Crippen LogP contribution >= 0.6 is 11.8 Å². The van der Waals surface area contributed by atoms with Crippen LogP contribution in [-0.4, -0.2) is 36.2 Å². The summed E-state index contributed by atoms with van der Waals surface area (Å²) >= 11 is 2.09. The Morgan fingerprint density at radius 1 is 1.37 bits per heavy atom. The second-order valence-electron chi connectivity index (χ2n) is 5.95. The third-order valence-corrected chi connectivity index (χ3v) is 6.14. The van der Waals surface area contributed by atoms with Crippen LogP contribution in [0, 0.1) is 5.92 Å². The van der Waals surface area contributed by atoms with Crippen molar-refractivity contribution in [2.24, 2.45) is 5.92 Å². The number of nitrogens with one attached hydrogen (secondary N) is 1. The lowest BCUT2D eigenvalue weighted by Gasteiger charge is -2.27. The lowest BCUT2D eigenvalue weighted by atomic mass is 9.98. The van der Waals surface area contributed by atoms with Crippen LogP contribution in [0.5, 0.6) is 0 Å². The lowest BCUT2D eigenvalue weighted by molar-refractivity contribution is -0.148. The van der Waals surface area contributed by atoms with Crippen LogP contribution in [0.15, 0.2) is 0 Å². The molecule has 2 saturated carbocycles. The summed E-state index contributed by atoms with van der Waals surface area (Å²) in [6.07, 6.45) is 8.66. The number of esters is 1. The highest BCUT2D eigenvalue weighted by atomic mass is 32.2. The van der Waals surface area contributed by atoms with Crippen LogP contribution in [0.4, 0.5) is 0 Å². The Balaban J connectivity index is 1.83. The molecule has 0 heterocycles. The van der Waals surface area contributed by atoms with E-state index in [1.807, 2.05) is 0 Å². The first-order valence-electron chi connectivity index (χ1n) is 7.65. The quantitative estimate of drug-likeness (QED) is 0.761. The third kappa shape index (κ3) is 3.66. The fraction of sp³-hybridized carbons (Fsp3) is 0.933. The number of rotatable bonds is 6. The molecule has 0 aliphatic heterocycles. The van der Waals surface area contributed by atoms with Crippen LogP contribution in [0.25, 0.3) is 0 Å². The first-order valence-corrected chi connectivity index (χ1v) is 8.70. The van der Waals surface area contributed by atoms with E-state index in [0.29, 0.717) is 5.25 Å². The van der Waals surface area contributed by atoms with Gasteiger partial charge >= 0.3 is 5.97 Å². The van der Waals surface area contributed by atoms with E-state index in [4.69, 9.17) is 4.74 Å². The Labute approximate surface area is 121 Å². The van der Waals surface area contributed by atoms with Crippen LogP contribution in [-0.2, 0) is 9.53 Å². The molecule has 0 aromatic heterocycles. The summed E-state index contributed by atoms with van der Waals surface area (Å²) < 4.78 is 5.01. The van der Waals surface area contributed by atoms with Gasteiger partial charge in [-0.1, -0.05) is 19.8 Å². The molecule has 0 aromatic rings. The standard InChI is InChI=1S/C15H27NO2S/c1-3-16-15(14(17)18-2)9-8-13(10-15)19-11-12-6-4-5-7-12/h12-13,16H,3-11H2,1-2H3. The van der Waals surface area contributed by atoms with Gasteiger partial charge in [0.25, 0.3) is 0 Å². The van der Waals surface area contributed by atoms with Gasteiger partial charge in [-0.2, -0.15) is 11.8 Å². The van der Waals surface area contributed by atoms with Crippen molar-refractivity contribution in [3.05, 3.63) is 0 Å². The molecule has 0 aromatic carbocycles. The number of hydrogen-bond donors (Lipinski definition) is 1. The van der Waals surface area contributed by atoms with E-state index in [-0.39, 0.29) is 5.97 Å². The monoisotopic (exact) mass is 285 g/mol. The van der Waals surface area contributed by atoms with E-state index in [1.165, 1.54) is 38.5 Å². The fourth-order valence-electron chi connectivity index (χ4n) is 3.54. The SMILES string of the molecule is CCNC1(C(=O)OC)CCC(SCC2CCCC2)C1. The van der Waals surface area contributed by atoms with Crippen molar-refractivity contribution in [1.29, 1.82) is 0 Å². The minimum absolute atomic E-state index is 0.0710. The Bertz CT molecular complexity index is 305. The number of carbonyl (C=O) groups excluding carboxylic acids is 1. The molecular formula is C15H27NO2S. The predicted molar refractivity (Wildman–Crippen MR) is 80.5 cm³/mol. The van der Waals surface area contributed by atoms with Gasteiger partial charge in [-0.3, -0.25) is 4.79 Å². The highest BCUT2D eigenvalue weighted by Gasteiger charge is 2.45. The maximum absolute atomic E-state index is 12.0. The van der Waals surface area contributed by atoms with E-state index in [0.717, 1.165) is 31.7 Å². The van der Waals surface area contributed by atoms with Gasteiger partial charge < -0.3 is 10.1 Å². The van der Waals surface area contributed by atoms with E-state index in [9.17, 15) is 4.79 Å². The number of carbonyl (C=O) groups is 1. The van der Waals surface area contributed by atoms with Gasteiger partial charge in [0.1, 0.15) is 5.54 Å². The molecule has 2 rings (SSSR count). The fourth-order valence-corrected chi connectivity index (χ4v) is 5.11. The van der Waals surface area contributed by atoms with Crippen molar-refractivity contribution in [2.45, 2.75) is 62.7 Å². The topological polar surface area (TPSA) is 38.3 Å². The van der Waals surface area contributed by atoms with Crippen LogP contribution in [0.2, 0.25) is 0 Å². The molecule has 0 spiro atoms. The summed E-state index contributed by atoms with van der Waals surface area (Å²) in [4.78, 5) is 12.0. The highest BCUT2D eigenvalue weighted by Crippen LogP contribution is 2.40. The number of hydrogen-bond acceptors (Lipinski definition) is 4. The second-order valence-corrected chi connectivity index (χ2v) is 7.29. The summed E-state index contributed by atoms with van der Waals surface area (Å²) in [5.74, 6) is 2.14. The van der Waals surface area contributed by atoms with Gasteiger partial charge in [-0.05, 0) is 50.3 Å². The van der Waals surface area contributed by atoms with Gasteiger partial charge in [0, 0.05) is 5.25 Å². The van der Waals surface area contributed by atoms with Gasteiger partial charge in [0.2, 0.25) is 0 Å². The third-order valence-electron chi connectivity index (χ3n) is 4.60. The molecule has 0 bridgehead atoms. The van der Waals surface area contributed by atoms with Gasteiger partial charge in [0.15, 0.2) is 0 Å². The zero-order valence-electron chi connectivity index (χ0n) is 12.2. The van der Waals surface area contributed by atoms with Crippen LogP contribution in [0.1, 0.15) is 51.9 Å². The second kappa shape index (κ2) is 6.98. The zero-order chi connectivity index (χ0) is 13.7. The Morgan fingerprint density at radius 3 is 2.74 bits per heavy atom. The van der Waals surface area contributed by atoms with Crippen molar-refractivity contribution in [1.82, 2.24) is 5.32 Å². The summed E-state index contributed by atoms with van der Waals surface area (Å²) in [5.41, 5.74) is -0.406. The molecular weight excluding hydrogens is 258 g/mol. The molecule has 2 unspecified atom stereocenters. The minimum Gasteiger partial charge on any atom is -0.468 e. The number of likely N-dealkylation sites (N-methyl/N-ethyl adjacent to an activating group) is 1. The first-order chi connectivity index (χ1) is 9.20. The van der Waals surface area contributed by atoms with Crippen molar-refractivity contribution in [3.63, 3.8) is 0 Å². The number of methoxy groups -OCH3 is 1. The molecule has 19 heavy (non-hydrogen) atoms. The molecule has 0 saturated heterocycles. The van der Waals surface area contributed by atoms with Crippen LogP contribution in [0.3, 0.4) is 0 Å². The summed E-state index contributed by atoms with van der Waals surface area (Å²) in [7, 11) is 1.50. The first kappa shape index (κ1) is 15.2. The molecule has 0 amide bonds. The van der Waals surface area contributed by atoms with E-state index in [1.54, 1.807) is 0 Å². The summed E-state index contributed by atoms with van der Waals surface area (Å²) in [5, 5.41) is 4.00. The molecule has 0 radical (unpaired) electrons. The highest BCUT2D eigenvalue weighted by molar-refractivity contribution is 7.99. The Morgan fingerprint density at radius 2 is 2.11 bits per heavy atom. The molecule has 2 atom stereocenters. The number of ether oxygens (including phenoxy) is 1. The molecule has 3 nitrogen and oxygen atoms in total. The van der Waals surface area contributed by atoms with Crippen molar-refractivity contribution < 1.29 is 9.53 Å². The van der Waals surface area contributed by atoms with Crippen LogP contribution < -0.4 is 5.32 Å². The largest absolute Gasteiger partial charge is 0.468 e. The van der Waals surface area contributed by atoms with Crippen molar-refractivity contribution >= 4 is 17.7 Å². The minimum atomic E-state index is -0.406. The predicted octanol–water partition coefficient (Wildman–Crippen LogP) is 2.98. The lowest BCUT2D eigenvalue weighted by Crippen LogP contribution is -2.50. The smallest absolute Gasteiger partial charge is 0.326 e. The van der Waals surface area contributed by atoms with Gasteiger partial charge in [0.05, 0.1) is 7.11 Å². The maximum Gasteiger partial charge on any atom is 0.326 e. The Kier molecular flexibility index (Phi) is 5.58. The zero-order valence-corrected chi connectivity index (χ0v) is 13.1. The molecule has 4 heteroatoms. The average Bonchev–Trinajstić information content (AvgIpc) is 3.06. The van der Waals surface area contributed by atoms with Gasteiger partial charge in [-0.25, -0.2) is 0 Å². The summed E-state index contributed by atoms with van der Waals surface area (Å²) in [6.45, 7) is 2.89. The molecule has 2 fully saturated rings.